The second-order valence-electron chi connectivity index (χ2n) is 3.43. The Morgan fingerprint density at radius 1 is 1.75 bits per heavy atom. The molecule has 1 atom stereocenters. The van der Waals surface area contributed by atoms with E-state index in [4.69, 9.17) is 10.4 Å². The minimum atomic E-state index is -0.846. The number of nitriles is 1. The van der Waals surface area contributed by atoms with Crippen LogP contribution in [0.5, 0.6) is 0 Å². The van der Waals surface area contributed by atoms with E-state index in [1.807, 2.05) is 24.0 Å². The molecule has 0 aliphatic carbocycles. The molecule has 0 aliphatic rings. The minimum absolute atomic E-state index is 0.0483. The molecule has 0 saturated heterocycles. The van der Waals surface area contributed by atoms with Crippen LogP contribution in [0, 0.1) is 11.3 Å². The Morgan fingerprint density at radius 3 is 2.94 bits per heavy atom. The molecule has 0 radical (unpaired) electrons. The number of aliphatic carboxylic acids is 1. The highest BCUT2D eigenvalue weighted by atomic mass is 16.4. The highest BCUT2D eigenvalue weighted by Gasteiger charge is 2.19. The van der Waals surface area contributed by atoms with Crippen LogP contribution in [-0.2, 0) is 4.79 Å². The van der Waals surface area contributed by atoms with E-state index in [2.05, 4.69) is 11.1 Å². The van der Waals surface area contributed by atoms with E-state index in [0.717, 1.165) is 5.69 Å². The van der Waals surface area contributed by atoms with Crippen LogP contribution >= 0.6 is 0 Å². The number of hydrogen-bond donors (Lipinski definition) is 2. The van der Waals surface area contributed by atoms with Crippen LogP contribution in [0.2, 0.25) is 0 Å². The molecule has 1 rings (SSSR count). The molecule has 16 heavy (non-hydrogen) atoms. The molecule has 86 valence electrons. The van der Waals surface area contributed by atoms with Gasteiger partial charge in [-0.25, -0.2) is 0 Å². The van der Waals surface area contributed by atoms with Gasteiger partial charge in [-0.3, -0.25) is 9.69 Å². The van der Waals surface area contributed by atoms with Crippen molar-refractivity contribution in [3.63, 3.8) is 0 Å². The first kappa shape index (κ1) is 12.3. The Morgan fingerprint density at radius 2 is 2.50 bits per heavy atom. The lowest BCUT2D eigenvalue weighted by molar-refractivity contribution is -0.137. The summed E-state index contributed by atoms with van der Waals surface area (Å²) in [5.74, 6) is -0.846. The summed E-state index contributed by atoms with van der Waals surface area (Å²) in [7, 11) is 0. The fourth-order valence-electron chi connectivity index (χ4n) is 1.57. The Kier molecular flexibility index (Phi) is 4.55. The molecule has 1 aromatic heterocycles. The molecule has 5 nitrogen and oxygen atoms in total. The zero-order chi connectivity index (χ0) is 12.0. The summed E-state index contributed by atoms with van der Waals surface area (Å²) < 4.78 is 0. The molecular weight excluding hydrogens is 206 g/mol. The van der Waals surface area contributed by atoms with Crippen molar-refractivity contribution in [2.75, 3.05) is 13.1 Å². The molecule has 0 amide bonds. The van der Waals surface area contributed by atoms with Gasteiger partial charge in [0.2, 0.25) is 0 Å². The van der Waals surface area contributed by atoms with Crippen LogP contribution in [0.15, 0.2) is 18.3 Å². The Labute approximate surface area is 94.3 Å². The number of nitrogens with one attached hydrogen (secondary N) is 1. The van der Waals surface area contributed by atoms with Crippen molar-refractivity contribution in [1.82, 2.24) is 9.88 Å². The van der Waals surface area contributed by atoms with Crippen molar-refractivity contribution in [1.29, 1.82) is 5.26 Å². The molecule has 0 fully saturated rings. The van der Waals surface area contributed by atoms with Gasteiger partial charge in [0.15, 0.2) is 0 Å². The smallest absolute Gasteiger partial charge is 0.304 e. The minimum Gasteiger partial charge on any atom is -0.481 e. The third-order valence-corrected chi connectivity index (χ3v) is 2.42. The third-order valence-electron chi connectivity index (χ3n) is 2.42. The molecule has 2 N–H and O–H groups in total. The van der Waals surface area contributed by atoms with E-state index in [1.165, 1.54) is 0 Å². The summed E-state index contributed by atoms with van der Waals surface area (Å²) in [5.41, 5.74) is 0.801. The molecule has 0 aliphatic heterocycles. The largest absolute Gasteiger partial charge is 0.481 e. The van der Waals surface area contributed by atoms with Gasteiger partial charge in [0, 0.05) is 18.4 Å². The molecule has 1 heterocycles. The van der Waals surface area contributed by atoms with Crippen molar-refractivity contribution in [3.8, 4) is 6.07 Å². The summed E-state index contributed by atoms with van der Waals surface area (Å²) in [5, 5.41) is 17.7. The maximum absolute atomic E-state index is 10.5. The lowest BCUT2D eigenvalue weighted by atomic mass is 10.2. The molecule has 5 heteroatoms. The van der Waals surface area contributed by atoms with E-state index >= 15 is 0 Å². The molecule has 0 spiro atoms. The average molecular weight is 221 g/mol. The lowest BCUT2D eigenvalue weighted by Crippen LogP contribution is -2.30. The molecule has 1 aromatic rings. The average Bonchev–Trinajstić information content (AvgIpc) is 2.77. The fraction of sp³-hybridized carbons (Fsp3) is 0.455. The number of rotatable bonds is 6. The predicted octanol–water partition coefficient (Wildman–Crippen LogP) is 1.38. The van der Waals surface area contributed by atoms with Crippen molar-refractivity contribution in [3.05, 3.63) is 24.0 Å². The summed E-state index contributed by atoms with van der Waals surface area (Å²) in [6.45, 7) is 2.93. The second kappa shape index (κ2) is 5.93. The number of aromatic amines is 1. The first-order chi connectivity index (χ1) is 7.69. The van der Waals surface area contributed by atoms with Crippen molar-refractivity contribution < 1.29 is 9.90 Å². The number of H-pyrrole nitrogens is 1. The summed E-state index contributed by atoms with van der Waals surface area (Å²) in [6, 6.07) is 5.43. The van der Waals surface area contributed by atoms with Crippen LogP contribution in [0.3, 0.4) is 0 Å². The van der Waals surface area contributed by atoms with E-state index < -0.39 is 12.0 Å². The summed E-state index contributed by atoms with van der Waals surface area (Å²) in [4.78, 5) is 15.3. The van der Waals surface area contributed by atoms with Crippen molar-refractivity contribution in [2.24, 2.45) is 0 Å². The molecule has 1 unspecified atom stereocenters. The summed E-state index contributed by atoms with van der Waals surface area (Å²) >= 11 is 0. The van der Waals surface area contributed by atoms with Crippen molar-refractivity contribution in [2.45, 2.75) is 19.4 Å². The van der Waals surface area contributed by atoms with Crippen LogP contribution < -0.4 is 0 Å². The maximum atomic E-state index is 10.5. The quantitative estimate of drug-likeness (QED) is 0.760. The van der Waals surface area contributed by atoms with E-state index in [1.54, 1.807) is 6.20 Å². The van der Waals surface area contributed by atoms with Gasteiger partial charge in [-0.15, -0.1) is 0 Å². The number of carboxylic acid groups (broad SMARTS) is 1. The summed E-state index contributed by atoms with van der Waals surface area (Å²) in [6.07, 6.45) is 1.80. The zero-order valence-electron chi connectivity index (χ0n) is 9.18. The normalized spacial score (nSPS) is 12.3. The predicted molar refractivity (Wildman–Crippen MR) is 58.6 cm³/mol. The number of carboxylic acids is 1. The Balaban J connectivity index is 2.70. The van der Waals surface area contributed by atoms with E-state index in [-0.39, 0.29) is 6.42 Å². The number of nitrogens with zero attached hydrogens (tertiary/aromatic N) is 2. The van der Waals surface area contributed by atoms with Gasteiger partial charge >= 0.3 is 5.97 Å². The topological polar surface area (TPSA) is 80.1 Å². The molecule has 0 aromatic carbocycles. The van der Waals surface area contributed by atoms with Gasteiger partial charge in [0.1, 0.15) is 6.04 Å². The van der Waals surface area contributed by atoms with Gasteiger partial charge in [-0.1, -0.05) is 6.92 Å². The van der Waals surface area contributed by atoms with E-state index in [9.17, 15) is 4.79 Å². The highest BCUT2D eigenvalue weighted by Crippen LogP contribution is 2.17. The third kappa shape index (κ3) is 3.11. The van der Waals surface area contributed by atoms with Gasteiger partial charge in [0.05, 0.1) is 12.5 Å². The van der Waals surface area contributed by atoms with Gasteiger partial charge in [0.25, 0.3) is 0 Å². The first-order valence-electron chi connectivity index (χ1n) is 5.17. The lowest BCUT2D eigenvalue weighted by Gasteiger charge is -2.24. The van der Waals surface area contributed by atoms with Crippen LogP contribution in [0.25, 0.3) is 0 Å². The number of carbonyl (C=O) groups is 1. The zero-order valence-corrected chi connectivity index (χ0v) is 9.18. The molecule has 0 bridgehead atoms. The maximum Gasteiger partial charge on any atom is 0.304 e. The SMILES string of the molecule is CCN(CCC(=O)O)C(C#N)c1ccc[nH]1. The number of hydrogen-bond acceptors (Lipinski definition) is 3. The van der Waals surface area contributed by atoms with Crippen LogP contribution in [0.1, 0.15) is 25.1 Å². The second-order valence-corrected chi connectivity index (χ2v) is 3.43. The van der Waals surface area contributed by atoms with Crippen molar-refractivity contribution >= 4 is 5.97 Å². The standard InChI is InChI=1S/C11H15N3O2/c1-2-14(7-5-11(15)16)10(8-12)9-4-3-6-13-9/h3-4,6,10,13H,2,5,7H2,1H3,(H,15,16). The first-order valence-corrected chi connectivity index (χ1v) is 5.17. The monoisotopic (exact) mass is 221 g/mol. The fourth-order valence-corrected chi connectivity index (χ4v) is 1.57. The van der Waals surface area contributed by atoms with Crippen LogP contribution in [0.4, 0.5) is 0 Å². The number of aromatic nitrogens is 1. The van der Waals surface area contributed by atoms with Gasteiger partial charge < -0.3 is 10.1 Å². The molecule has 0 saturated carbocycles. The Hall–Kier alpha value is -1.80. The molecular formula is C11H15N3O2. The van der Waals surface area contributed by atoms with Crippen LogP contribution in [-0.4, -0.2) is 34.0 Å². The Bertz CT molecular complexity index is 367. The van der Waals surface area contributed by atoms with E-state index in [0.29, 0.717) is 13.1 Å². The van der Waals surface area contributed by atoms with Gasteiger partial charge in [-0.2, -0.15) is 5.26 Å². The van der Waals surface area contributed by atoms with Gasteiger partial charge in [-0.05, 0) is 18.7 Å². The highest BCUT2D eigenvalue weighted by molar-refractivity contribution is 5.66.